The Morgan fingerprint density at radius 2 is 2.00 bits per heavy atom. The van der Waals surface area contributed by atoms with Crippen LogP contribution in [0.2, 0.25) is 0 Å². The smallest absolute Gasteiger partial charge is 0.404 e. The predicted molar refractivity (Wildman–Crippen MR) is 71.1 cm³/mol. The zero-order chi connectivity index (χ0) is 13.5. The molecular weight excluding hydrogens is 300 g/mol. The van der Waals surface area contributed by atoms with Crippen molar-refractivity contribution in [3.05, 3.63) is 34.3 Å². The highest BCUT2D eigenvalue weighted by atomic mass is 79.9. The topological polar surface area (TPSA) is 81.4 Å². The Morgan fingerprint density at radius 1 is 1.39 bits per heavy atom. The largest absolute Gasteiger partial charge is 0.448 e. The van der Waals surface area contributed by atoms with Crippen molar-refractivity contribution < 1.29 is 14.3 Å². The van der Waals surface area contributed by atoms with E-state index in [1.54, 1.807) is 0 Å². The Labute approximate surface area is 114 Å². The van der Waals surface area contributed by atoms with Crippen LogP contribution >= 0.6 is 15.9 Å². The minimum absolute atomic E-state index is 0.0775. The highest BCUT2D eigenvalue weighted by molar-refractivity contribution is 9.10. The zero-order valence-corrected chi connectivity index (χ0v) is 11.6. The molecule has 1 rings (SSSR count). The number of nitrogens with one attached hydrogen (secondary N) is 1. The number of primary amides is 1. The number of rotatable bonds is 5. The molecule has 18 heavy (non-hydrogen) atoms. The van der Waals surface area contributed by atoms with E-state index in [2.05, 4.69) is 26.0 Å². The zero-order valence-electron chi connectivity index (χ0n) is 9.98. The lowest BCUT2D eigenvalue weighted by atomic mass is 10.0. The first kappa shape index (κ1) is 14.5. The van der Waals surface area contributed by atoms with Crippen molar-refractivity contribution in [1.29, 1.82) is 0 Å². The molecule has 98 valence electrons. The molecule has 0 radical (unpaired) electrons. The summed E-state index contributed by atoms with van der Waals surface area (Å²) in [5.41, 5.74) is 5.72. The lowest BCUT2D eigenvalue weighted by Crippen LogP contribution is -2.32. The van der Waals surface area contributed by atoms with E-state index in [1.807, 2.05) is 31.2 Å². The van der Waals surface area contributed by atoms with Crippen LogP contribution in [0.15, 0.2) is 28.7 Å². The van der Waals surface area contributed by atoms with Crippen LogP contribution in [-0.2, 0) is 9.53 Å². The highest BCUT2D eigenvalue weighted by Crippen LogP contribution is 2.18. The van der Waals surface area contributed by atoms with E-state index in [9.17, 15) is 9.59 Å². The third-order valence-electron chi connectivity index (χ3n) is 2.41. The van der Waals surface area contributed by atoms with Crippen LogP contribution in [0.25, 0.3) is 0 Å². The van der Waals surface area contributed by atoms with E-state index < -0.39 is 6.09 Å². The summed E-state index contributed by atoms with van der Waals surface area (Å²) >= 11 is 3.34. The number of carbonyl (C=O) groups excluding carboxylic acids is 2. The summed E-state index contributed by atoms with van der Waals surface area (Å²) in [7, 11) is 0. The van der Waals surface area contributed by atoms with Gasteiger partial charge in [-0.2, -0.15) is 0 Å². The number of hydrogen-bond donors (Lipinski definition) is 2. The Hall–Kier alpha value is -1.56. The van der Waals surface area contributed by atoms with Crippen molar-refractivity contribution in [2.75, 3.05) is 13.2 Å². The first-order valence-corrected chi connectivity index (χ1v) is 6.25. The quantitative estimate of drug-likeness (QED) is 0.813. The highest BCUT2D eigenvalue weighted by Gasteiger charge is 2.14. The molecule has 0 aliphatic rings. The van der Waals surface area contributed by atoms with Crippen molar-refractivity contribution in [1.82, 2.24) is 5.32 Å². The van der Waals surface area contributed by atoms with Crippen LogP contribution in [0.1, 0.15) is 18.4 Å². The summed E-state index contributed by atoms with van der Waals surface area (Å²) < 4.78 is 5.48. The molecule has 0 fully saturated rings. The van der Waals surface area contributed by atoms with E-state index in [4.69, 9.17) is 5.73 Å². The average molecular weight is 315 g/mol. The lowest BCUT2D eigenvalue weighted by molar-refractivity contribution is -0.122. The van der Waals surface area contributed by atoms with Crippen LogP contribution in [0, 0.1) is 0 Å². The Balaban J connectivity index is 2.41. The normalized spacial score (nSPS) is 11.7. The van der Waals surface area contributed by atoms with Crippen LogP contribution < -0.4 is 11.1 Å². The number of nitrogens with two attached hydrogens (primary N) is 1. The Morgan fingerprint density at radius 3 is 2.56 bits per heavy atom. The van der Waals surface area contributed by atoms with Crippen molar-refractivity contribution in [3.8, 4) is 0 Å². The molecule has 0 aliphatic carbocycles. The third kappa shape index (κ3) is 4.75. The number of ether oxygens (including phenoxy) is 1. The molecule has 2 amide bonds. The number of hydrogen-bond acceptors (Lipinski definition) is 3. The molecule has 5 nitrogen and oxygen atoms in total. The van der Waals surface area contributed by atoms with Gasteiger partial charge in [-0.05, 0) is 24.6 Å². The summed E-state index contributed by atoms with van der Waals surface area (Å²) in [6.45, 7) is 2.14. The molecule has 1 aromatic rings. The molecule has 0 bridgehead atoms. The Kier molecular flexibility index (Phi) is 5.64. The van der Waals surface area contributed by atoms with Gasteiger partial charge in [-0.1, -0.05) is 28.1 Å². The summed E-state index contributed by atoms with van der Waals surface area (Å²) in [6.07, 6.45) is -0.842. The van der Waals surface area contributed by atoms with Gasteiger partial charge < -0.3 is 15.8 Å². The molecule has 0 aromatic heterocycles. The van der Waals surface area contributed by atoms with Gasteiger partial charge in [0.15, 0.2) is 0 Å². The summed E-state index contributed by atoms with van der Waals surface area (Å²) in [6, 6.07) is 7.53. The molecule has 0 aliphatic heterocycles. The van der Waals surface area contributed by atoms with E-state index >= 15 is 0 Å². The van der Waals surface area contributed by atoms with Gasteiger partial charge in [0.1, 0.15) is 6.61 Å². The molecule has 0 heterocycles. The maximum absolute atomic E-state index is 11.8. The molecule has 1 unspecified atom stereocenters. The van der Waals surface area contributed by atoms with Gasteiger partial charge in [0.25, 0.3) is 0 Å². The maximum Gasteiger partial charge on any atom is 0.404 e. The second-order valence-electron chi connectivity index (χ2n) is 3.73. The third-order valence-corrected chi connectivity index (χ3v) is 2.94. The summed E-state index contributed by atoms with van der Waals surface area (Å²) in [5.74, 6) is -0.378. The van der Waals surface area contributed by atoms with Crippen LogP contribution in [0.5, 0.6) is 0 Å². The minimum Gasteiger partial charge on any atom is -0.448 e. The molecule has 3 N–H and O–H groups in total. The van der Waals surface area contributed by atoms with Gasteiger partial charge in [-0.25, -0.2) is 4.79 Å². The lowest BCUT2D eigenvalue weighted by Gasteiger charge is -2.12. The SMILES string of the molecule is CC(C(=O)NCCOC(N)=O)c1ccc(Br)cc1. The second kappa shape index (κ2) is 7.00. The monoisotopic (exact) mass is 314 g/mol. The fourth-order valence-electron chi connectivity index (χ4n) is 1.38. The molecule has 6 heteroatoms. The Bertz CT molecular complexity index is 420. The molecule has 0 saturated heterocycles. The standard InChI is InChI=1S/C12H15BrN2O3/c1-8(9-2-4-10(13)5-3-9)11(16)15-6-7-18-12(14)17/h2-5,8H,6-7H2,1H3,(H2,14,17)(H,15,16). The molecular formula is C12H15BrN2O3. The van der Waals surface area contributed by atoms with Gasteiger partial charge in [-0.3, -0.25) is 4.79 Å². The predicted octanol–water partition coefficient (Wildman–Crippen LogP) is 1.76. The van der Waals surface area contributed by atoms with E-state index in [-0.39, 0.29) is 25.0 Å². The number of benzene rings is 1. The van der Waals surface area contributed by atoms with Gasteiger partial charge in [0.2, 0.25) is 5.91 Å². The van der Waals surface area contributed by atoms with E-state index in [1.165, 1.54) is 0 Å². The minimum atomic E-state index is -0.842. The molecule has 1 atom stereocenters. The van der Waals surface area contributed by atoms with Crippen LogP contribution in [-0.4, -0.2) is 25.2 Å². The van der Waals surface area contributed by atoms with Crippen LogP contribution in [0.4, 0.5) is 4.79 Å². The van der Waals surface area contributed by atoms with Crippen molar-refractivity contribution in [2.24, 2.45) is 5.73 Å². The molecule has 1 aromatic carbocycles. The summed E-state index contributed by atoms with van der Waals surface area (Å²) in [4.78, 5) is 22.1. The fourth-order valence-corrected chi connectivity index (χ4v) is 1.65. The number of halogens is 1. The second-order valence-corrected chi connectivity index (χ2v) is 4.65. The fraction of sp³-hybridized carbons (Fsp3) is 0.333. The number of carbonyl (C=O) groups is 2. The van der Waals surface area contributed by atoms with E-state index in [0.717, 1.165) is 10.0 Å². The van der Waals surface area contributed by atoms with Gasteiger partial charge in [0, 0.05) is 4.47 Å². The first-order valence-electron chi connectivity index (χ1n) is 5.46. The van der Waals surface area contributed by atoms with E-state index in [0.29, 0.717) is 0 Å². The van der Waals surface area contributed by atoms with Gasteiger partial charge >= 0.3 is 6.09 Å². The van der Waals surface area contributed by atoms with Crippen molar-refractivity contribution >= 4 is 27.9 Å². The van der Waals surface area contributed by atoms with Crippen molar-refractivity contribution in [2.45, 2.75) is 12.8 Å². The number of amides is 2. The average Bonchev–Trinajstić information content (AvgIpc) is 2.34. The maximum atomic E-state index is 11.8. The summed E-state index contributed by atoms with van der Waals surface area (Å²) in [5, 5.41) is 2.67. The molecule has 0 saturated carbocycles. The van der Waals surface area contributed by atoms with Gasteiger partial charge in [-0.15, -0.1) is 0 Å². The molecule has 0 spiro atoms. The van der Waals surface area contributed by atoms with Gasteiger partial charge in [0.05, 0.1) is 12.5 Å². The first-order chi connectivity index (χ1) is 8.50. The van der Waals surface area contributed by atoms with Crippen LogP contribution in [0.3, 0.4) is 0 Å². The van der Waals surface area contributed by atoms with Crippen molar-refractivity contribution in [3.63, 3.8) is 0 Å².